The van der Waals surface area contributed by atoms with Crippen molar-refractivity contribution >= 4 is 0 Å². The molecule has 0 aromatic carbocycles. The summed E-state index contributed by atoms with van der Waals surface area (Å²) in [5.41, 5.74) is 0. The average Bonchev–Trinajstić information content (AvgIpc) is 2.57. The minimum Gasteiger partial charge on any atom is -0.379 e. The lowest BCUT2D eigenvalue weighted by atomic mass is 10.4. The van der Waals surface area contributed by atoms with Gasteiger partial charge in [0.15, 0.2) is 0 Å². The van der Waals surface area contributed by atoms with Crippen LogP contribution in [0.4, 0.5) is 0 Å². The zero-order valence-electron chi connectivity index (χ0n) is 15.1. The van der Waals surface area contributed by atoms with Crippen LogP contribution in [0.25, 0.3) is 0 Å². The molecule has 0 atom stereocenters. The molecule has 0 aromatic heterocycles. The predicted octanol–water partition coefficient (Wildman–Crippen LogP) is 2.30. The van der Waals surface area contributed by atoms with Crippen LogP contribution < -0.4 is 0 Å². The number of hydrogen-bond donors (Lipinski definition) is 0. The third kappa shape index (κ3) is 21.8. The van der Waals surface area contributed by atoms with Gasteiger partial charge in [0.1, 0.15) is 0 Å². The lowest BCUT2D eigenvalue weighted by Gasteiger charge is -2.08. The maximum absolute atomic E-state index is 5.40. The topological polar surface area (TPSA) is 55.4 Å². The second-order valence-electron chi connectivity index (χ2n) is 5.03. The number of unbranched alkanes of at least 4 members (excludes halogenated alkanes) is 1. The molecule has 0 aliphatic heterocycles. The first-order chi connectivity index (χ1) is 11.4. The Bertz CT molecular complexity index is 184. The first kappa shape index (κ1) is 22.8. The van der Waals surface area contributed by atoms with Crippen molar-refractivity contribution in [2.75, 3.05) is 79.3 Å². The van der Waals surface area contributed by atoms with Crippen LogP contribution >= 0.6 is 0 Å². The summed E-state index contributed by atoms with van der Waals surface area (Å²) in [6.07, 6.45) is 3.32. The monoisotopic (exact) mass is 336 g/mol. The summed E-state index contributed by atoms with van der Waals surface area (Å²) in [5.74, 6) is 0. The Morgan fingerprint density at radius 2 is 0.652 bits per heavy atom. The van der Waals surface area contributed by atoms with E-state index in [1.165, 1.54) is 0 Å². The van der Waals surface area contributed by atoms with Crippen LogP contribution in [0.3, 0.4) is 0 Å². The van der Waals surface area contributed by atoms with Gasteiger partial charge in [-0.3, -0.25) is 0 Å². The van der Waals surface area contributed by atoms with Gasteiger partial charge in [0.25, 0.3) is 0 Å². The lowest BCUT2D eigenvalue weighted by Crippen LogP contribution is -2.14. The number of ether oxygens (including phenoxy) is 6. The molecule has 140 valence electrons. The molecule has 0 aromatic rings. The molecule has 0 N–H and O–H groups in total. The Kier molecular flexibility index (Phi) is 21.5. The van der Waals surface area contributed by atoms with Gasteiger partial charge in [0.05, 0.1) is 66.1 Å². The van der Waals surface area contributed by atoms with Crippen molar-refractivity contribution in [2.45, 2.75) is 33.1 Å². The molecule has 0 saturated heterocycles. The fourth-order valence-electron chi connectivity index (χ4n) is 1.59. The molecule has 0 unspecified atom stereocenters. The minimum atomic E-state index is 0.579. The summed E-state index contributed by atoms with van der Waals surface area (Å²) in [6, 6.07) is 0. The van der Waals surface area contributed by atoms with Crippen LogP contribution in [0.2, 0.25) is 0 Å². The molecule has 0 amide bonds. The Morgan fingerprint density at radius 1 is 0.348 bits per heavy atom. The summed E-state index contributed by atoms with van der Waals surface area (Å²) < 4.78 is 32.2. The summed E-state index contributed by atoms with van der Waals surface area (Å²) in [4.78, 5) is 0. The minimum absolute atomic E-state index is 0.579. The maximum atomic E-state index is 5.40. The van der Waals surface area contributed by atoms with E-state index in [1.807, 2.05) is 0 Å². The van der Waals surface area contributed by atoms with Gasteiger partial charge in [-0.2, -0.15) is 0 Å². The van der Waals surface area contributed by atoms with Crippen LogP contribution in [0.1, 0.15) is 33.1 Å². The first-order valence-corrected chi connectivity index (χ1v) is 8.88. The summed E-state index contributed by atoms with van der Waals surface area (Å²) in [6.45, 7) is 11.9. The molecule has 23 heavy (non-hydrogen) atoms. The van der Waals surface area contributed by atoms with Crippen molar-refractivity contribution in [3.8, 4) is 0 Å². The summed E-state index contributed by atoms with van der Waals surface area (Å²) >= 11 is 0. The Balaban J connectivity index is 2.92. The van der Waals surface area contributed by atoms with Crippen LogP contribution in [-0.2, 0) is 28.4 Å². The van der Waals surface area contributed by atoms with E-state index in [4.69, 9.17) is 28.4 Å². The molecule has 0 bridgehead atoms. The van der Waals surface area contributed by atoms with Gasteiger partial charge in [-0.1, -0.05) is 20.3 Å². The van der Waals surface area contributed by atoms with Crippen molar-refractivity contribution in [3.63, 3.8) is 0 Å². The van der Waals surface area contributed by atoms with Gasteiger partial charge < -0.3 is 28.4 Å². The Hall–Kier alpha value is -0.240. The van der Waals surface area contributed by atoms with Crippen molar-refractivity contribution < 1.29 is 28.4 Å². The normalized spacial score (nSPS) is 11.2. The van der Waals surface area contributed by atoms with Crippen molar-refractivity contribution in [1.82, 2.24) is 0 Å². The molecule has 6 nitrogen and oxygen atoms in total. The predicted molar refractivity (Wildman–Crippen MR) is 90.1 cm³/mol. The van der Waals surface area contributed by atoms with E-state index in [0.717, 1.165) is 32.5 Å². The van der Waals surface area contributed by atoms with Crippen LogP contribution in [0, 0.1) is 0 Å². The quantitative estimate of drug-likeness (QED) is 0.318. The van der Waals surface area contributed by atoms with E-state index in [0.29, 0.717) is 66.1 Å². The van der Waals surface area contributed by atoms with Crippen molar-refractivity contribution in [3.05, 3.63) is 0 Å². The van der Waals surface area contributed by atoms with Gasteiger partial charge in [-0.15, -0.1) is 0 Å². The van der Waals surface area contributed by atoms with E-state index < -0.39 is 0 Å². The van der Waals surface area contributed by atoms with Crippen molar-refractivity contribution in [1.29, 1.82) is 0 Å². The molecule has 0 aliphatic rings. The molecule has 0 aliphatic carbocycles. The van der Waals surface area contributed by atoms with E-state index in [-0.39, 0.29) is 0 Å². The third-order valence-corrected chi connectivity index (χ3v) is 2.85. The van der Waals surface area contributed by atoms with E-state index in [1.54, 1.807) is 0 Å². The molecule has 0 heterocycles. The van der Waals surface area contributed by atoms with Crippen LogP contribution in [0.15, 0.2) is 0 Å². The molecular formula is C17H36O6. The van der Waals surface area contributed by atoms with Crippen LogP contribution in [-0.4, -0.2) is 79.3 Å². The Morgan fingerprint density at radius 3 is 0.957 bits per heavy atom. The van der Waals surface area contributed by atoms with Gasteiger partial charge in [0.2, 0.25) is 0 Å². The van der Waals surface area contributed by atoms with Crippen molar-refractivity contribution in [2.24, 2.45) is 0 Å². The molecule has 0 saturated carbocycles. The van der Waals surface area contributed by atoms with E-state index in [2.05, 4.69) is 13.8 Å². The fourth-order valence-corrected chi connectivity index (χ4v) is 1.59. The van der Waals surface area contributed by atoms with E-state index in [9.17, 15) is 0 Å². The number of hydrogen-bond acceptors (Lipinski definition) is 6. The van der Waals surface area contributed by atoms with Gasteiger partial charge >= 0.3 is 0 Å². The van der Waals surface area contributed by atoms with Gasteiger partial charge in [0, 0.05) is 13.2 Å². The van der Waals surface area contributed by atoms with E-state index >= 15 is 0 Å². The largest absolute Gasteiger partial charge is 0.379 e. The molecule has 0 radical (unpaired) electrons. The number of rotatable bonds is 20. The second kappa shape index (κ2) is 21.8. The lowest BCUT2D eigenvalue weighted by molar-refractivity contribution is -0.0167. The smallest absolute Gasteiger partial charge is 0.0701 e. The standard InChI is InChI=1S/C17H36O6/c1-3-5-7-19-9-11-21-13-15-23-17-16-22-14-12-20-10-8-18-6-4-2/h3-17H2,1-2H3. The average molecular weight is 336 g/mol. The molecule has 0 spiro atoms. The summed E-state index contributed by atoms with van der Waals surface area (Å²) in [7, 11) is 0. The first-order valence-electron chi connectivity index (χ1n) is 8.88. The third-order valence-electron chi connectivity index (χ3n) is 2.85. The van der Waals surface area contributed by atoms with Gasteiger partial charge in [-0.25, -0.2) is 0 Å². The molecule has 0 rings (SSSR count). The molecular weight excluding hydrogens is 300 g/mol. The highest BCUT2D eigenvalue weighted by Gasteiger charge is 1.93. The van der Waals surface area contributed by atoms with Crippen LogP contribution in [0.5, 0.6) is 0 Å². The highest BCUT2D eigenvalue weighted by atomic mass is 16.6. The van der Waals surface area contributed by atoms with Gasteiger partial charge in [-0.05, 0) is 12.8 Å². The summed E-state index contributed by atoms with van der Waals surface area (Å²) in [5, 5.41) is 0. The zero-order valence-corrected chi connectivity index (χ0v) is 15.1. The second-order valence-corrected chi connectivity index (χ2v) is 5.03. The Labute approximate surface area is 141 Å². The zero-order chi connectivity index (χ0) is 16.8. The molecule has 0 fully saturated rings. The fraction of sp³-hybridized carbons (Fsp3) is 1.00. The maximum Gasteiger partial charge on any atom is 0.0701 e. The molecule has 6 heteroatoms. The highest BCUT2D eigenvalue weighted by molar-refractivity contribution is 4.37. The highest BCUT2D eigenvalue weighted by Crippen LogP contribution is 1.88. The SMILES string of the molecule is CCCCOCCOCCOCCOCCOCCOCCC.